The van der Waals surface area contributed by atoms with Crippen molar-refractivity contribution >= 4 is 15.9 Å². The van der Waals surface area contributed by atoms with Crippen molar-refractivity contribution in [1.82, 2.24) is 5.32 Å². The highest BCUT2D eigenvalue weighted by Gasteiger charge is 2.17. The second-order valence-corrected chi connectivity index (χ2v) is 5.30. The van der Waals surface area contributed by atoms with Crippen LogP contribution in [0.4, 0.5) is 13.2 Å². The van der Waals surface area contributed by atoms with Crippen LogP contribution in [0.2, 0.25) is 0 Å². The molecule has 1 unspecified atom stereocenters. The summed E-state index contributed by atoms with van der Waals surface area (Å²) in [5.41, 5.74) is 1.07. The minimum atomic E-state index is -0.486. The molecule has 0 aliphatic carbocycles. The largest absolute Gasteiger partial charge is 0.313 e. The van der Waals surface area contributed by atoms with E-state index in [1.807, 2.05) is 0 Å². The van der Waals surface area contributed by atoms with Crippen molar-refractivity contribution in [3.8, 4) is 0 Å². The van der Waals surface area contributed by atoms with E-state index in [0.29, 0.717) is 10.9 Å². The molecule has 0 spiro atoms. The summed E-state index contributed by atoms with van der Waals surface area (Å²) in [6.45, 7) is 0. The van der Waals surface area contributed by atoms with Gasteiger partial charge >= 0.3 is 0 Å². The first-order valence-electron chi connectivity index (χ1n) is 6.07. The molecule has 0 amide bonds. The fourth-order valence-corrected chi connectivity index (χ4v) is 2.57. The second kappa shape index (κ2) is 6.41. The molecule has 0 heterocycles. The van der Waals surface area contributed by atoms with Gasteiger partial charge in [-0.25, -0.2) is 13.2 Å². The third kappa shape index (κ3) is 3.41. The van der Waals surface area contributed by atoms with Gasteiger partial charge in [-0.2, -0.15) is 0 Å². The minimum absolute atomic E-state index is 0.253. The summed E-state index contributed by atoms with van der Waals surface area (Å²) >= 11 is 3.27. The van der Waals surface area contributed by atoms with E-state index in [1.165, 1.54) is 18.2 Å². The van der Waals surface area contributed by atoms with E-state index < -0.39 is 17.7 Å². The fourth-order valence-electron chi connectivity index (χ4n) is 2.06. The summed E-state index contributed by atoms with van der Waals surface area (Å²) < 4.78 is 40.7. The first kappa shape index (κ1) is 15.1. The molecule has 0 aliphatic heterocycles. The molecule has 106 valence electrons. The Morgan fingerprint density at radius 1 is 1.05 bits per heavy atom. The summed E-state index contributed by atoms with van der Waals surface area (Å²) in [4.78, 5) is 0. The van der Waals surface area contributed by atoms with Crippen molar-refractivity contribution in [2.24, 2.45) is 0 Å². The van der Waals surface area contributed by atoms with Crippen LogP contribution in [0.3, 0.4) is 0 Å². The molecular formula is C15H13BrF3N. The lowest BCUT2D eigenvalue weighted by Gasteiger charge is -2.18. The Morgan fingerprint density at radius 3 is 2.35 bits per heavy atom. The number of rotatable bonds is 4. The molecule has 0 radical (unpaired) electrons. The number of hydrogen-bond acceptors (Lipinski definition) is 1. The third-order valence-corrected chi connectivity index (χ3v) is 3.86. The normalized spacial score (nSPS) is 12.4. The Morgan fingerprint density at radius 2 is 1.70 bits per heavy atom. The first-order valence-corrected chi connectivity index (χ1v) is 6.86. The predicted octanol–water partition coefficient (Wildman–Crippen LogP) is 4.37. The van der Waals surface area contributed by atoms with E-state index >= 15 is 0 Å². The van der Waals surface area contributed by atoms with Crippen LogP contribution in [0, 0.1) is 17.5 Å². The zero-order valence-electron chi connectivity index (χ0n) is 10.8. The average Bonchev–Trinajstić information content (AvgIpc) is 2.41. The lowest BCUT2D eigenvalue weighted by molar-refractivity contribution is 0.522. The molecule has 0 fully saturated rings. The van der Waals surface area contributed by atoms with Crippen molar-refractivity contribution in [2.45, 2.75) is 12.5 Å². The molecule has 5 heteroatoms. The quantitative estimate of drug-likeness (QED) is 0.869. The van der Waals surface area contributed by atoms with Gasteiger partial charge in [0.25, 0.3) is 0 Å². The van der Waals surface area contributed by atoms with Crippen LogP contribution < -0.4 is 5.32 Å². The highest BCUT2D eigenvalue weighted by molar-refractivity contribution is 9.10. The van der Waals surface area contributed by atoms with Crippen molar-refractivity contribution in [2.75, 3.05) is 7.05 Å². The van der Waals surface area contributed by atoms with E-state index in [2.05, 4.69) is 21.2 Å². The second-order valence-electron chi connectivity index (χ2n) is 4.45. The van der Waals surface area contributed by atoms with E-state index in [4.69, 9.17) is 0 Å². The van der Waals surface area contributed by atoms with Gasteiger partial charge in [0.05, 0.1) is 0 Å². The molecule has 0 saturated carbocycles. The Balaban J connectivity index is 2.31. The molecule has 20 heavy (non-hydrogen) atoms. The van der Waals surface area contributed by atoms with Gasteiger partial charge in [0.1, 0.15) is 17.5 Å². The fraction of sp³-hybridized carbons (Fsp3) is 0.200. The van der Waals surface area contributed by atoms with Crippen molar-refractivity contribution in [3.05, 3.63) is 69.4 Å². The minimum Gasteiger partial charge on any atom is -0.313 e. The van der Waals surface area contributed by atoms with Crippen molar-refractivity contribution in [1.29, 1.82) is 0 Å². The van der Waals surface area contributed by atoms with Gasteiger partial charge in [0.2, 0.25) is 0 Å². The standard InChI is InChI=1S/C15H13BrF3N/c1-20-15(12-7-10(17)4-5-14(12)19)6-9-2-3-11(18)8-13(9)16/h2-5,7-8,15,20H,6H2,1H3. The molecule has 0 aromatic heterocycles. The highest BCUT2D eigenvalue weighted by Crippen LogP contribution is 2.26. The van der Waals surface area contributed by atoms with Gasteiger partial charge in [-0.1, -0.05) is 22.0 Å². The molecule has 0 saturated heterocycles. The Kier molecular flexibility index (Phi) is 4.83. The van der Waals surface area contributed by atoms with Crippen LogP contribution in [0.25, 0.3) is 0 Å². The number of hydrogen-bond donors (Lipinski definition) is 1. The number of nitrogens with one attached hydrogen (secondary N) is 1. The zero-order chi connectivity index (χ0) is 14.7. The highest BCUT2D eigenvalue weighted by atomic mass is 79.9. The number of likely N-dealkylation sites (N-methyl/N-ethyl adjacent to an activating group) is 1. The Hall–Kier alpha value is -1.33. The number of halogens is 4. The number of benzene rings is 2. The van der Waals surface area contributed by atoms with Crippen LogP contribution in [-0.2, 0) is 6.42 Å². The molecule has 1 N–H and O–H groups in total. The average molecular weight is 344 g/mol. The van der Waals surface area contributed by atoms with E-state index in [0.717, 1.165) is 17.7 Å². The molecule has 1 nitrogen and oxygen atoms in total. The Labute approximate surface area is 123 Å². The topological polar surface area (TPSA) is 12.0 Å². The van der Waals surface area contributed by atoms with Crippen molar-refractivity contribution in [3.63, 3.8) is 0 Å². The lowest BCUT2D eigenvalue weighted by Crippen LogP contribution is -2.20. The van der Waals surface area contributed by atoms with E-state index in [9.17, 15) is 13.2 Å². The zero-order valence-corrected chi connectivity index (χ0v) is 12.3. The van der Waals surface area contributed by atoms with Crippen LogP contribution in [0.1, 0.15) is 17.2 Å². The summed E-state index contributed by atoms with van der Waals surface area (Å²) in [7, 11) is 1.67. The summed E-state index contributed by atoms with van der Waals surface area (Å²) in [5.74, 6) is -1.30. The molecule has 2 aromatic carbocycles. The maximum Gasteiger partial charge on any atom is 0.128 e. The van der Waals surface area contributed by atoms with Gasteiger partial charge in [0, 0.05) is 16.1 Å². The predicted molar refractivity (Wildman–Crippen MR) is 76.0 cm³/mol. The summed E-state index contributed by atoms with van der Waals surface area (Å²) in [6, 6.07) is 7.29. The molecule has 1 atom stereocenters. The smallest absolute Gasteiger partial charge is 0.128 e. The monoisotopic (exact) mass is 343 g/mol. The van der Waals surface area contributed by atoms with E-state index in [-0.39, 0.29) is 11.4 Å². The molecule has 0 aliphatic rings. The molecule has 2 rings (SSSR count). The van der Waals surface area contributed by atoms with Crippen LogP contribution in [-0.4, -0.2) is 7.05 Å². The summed E-state index contributed by atoms with van der Waals surface area (Å²) in [5, 5.41) is 2.96. The van der Waals surface area contributed by atoms with Crippen LogP contribution in [0.5, 0.6) is 0 Å². The van der Waals surface area contributed by atoms with Gasteiger partial charge < -0.3 is 5.32 Å². The maximum absolute atomic E-state index is 13.8. The van der Waals surface area contributed by atoms with Gasteiger partial charge in [-0.05, 0) is 49.4 Å². The molecular weight excluding hydrogens is 331 g/mol. The maximum atomic E-state index is 13.8. The first-order chi connectivity index (χ1) is 9.51. The third-order valence-electron chi connectivity index (χ3n) is 3.12. The Bertz CT molecular complexity index is 616. The van der Waals surface area contributed by atoms with Gasteiger partial charge in [0.15, 0.2) is 0 Å². The molecule has 2 aromatic rings. The van der Waals surface area contributed by atoms with Gasteiger partial charge in [-0.15, -0.1) is 0 Å². The van der Waals surface area contributed by atoms with E-state index in [1.54, 1.807) is 13.1 Å². The van der Waals surface area contributed by atoms with Gasteiger partial charge in [-0.3, -0.25) is 0 Å². The van der Waals surface area contributed by atoms with Crippen LogP contribution in [0.15, 0.2) is 40.9 Å². The molecule has 0 bridgehead atoms. The van der Waals surface area contributed by atoms with Crippen LogP contribution >= 0.6 is 15.9 Å². The van der Waals surface area contributed by atoms with Crippen molar-refractivity contribution < 1.29 is 13.2 Å². The summed E-state index contributed by atoms with van der Waals surface area (Å²) in [6.07, 6.45) is 0.414. The lowest BCUT2D eigenvalue weighted by atomic mass is 9.98. The SMILES string of the molecule is CNC(Cc1ccc(F)cc1Br)c1cc(F)ccc1F.